The van der Waals surface area contributed by atoms with Crippen LogP contribution in [0.15, 0.2) is 53.7 Å². The molecule has 5 nitrogen and oxygen atoms in total. The van der Waals surface area contributed by atoms with E-state index in [1.165, 1.54) is 11.8 Å². The van der Waals surface area contributed by atoms with E-state index in [9.17, 15) is 4.79 Å². The third-order valence-electron chi connectivity index (χ3n) is 4.73. The lowest BCUT2D eigenvalue weighted by atomic mass is 10.1. The Morgan fingerprint density at radius 1 is 1.07 bits per heavy atom. The molecule has 1 aromatic heterocycles. The van der Waals surface area contributed by atoms with E-state index in [0.29, 0.717) is 27.3 Å². The van der Waals surface area contributed by atoms with Gasteiger partial charge in [-0.1, -0.05) is 35.0 Å². The molecule has 150 valence electrons. The number of aromatic nitrogens is 3. The highest BCUT2D eigenvalue weighted by Gasteiger charge is 2.22. The van der Waals surface area contributed by atoms with Crippen molar-refractivity contribution in [2.75, 3.05) is 12.4 Å². The van der Waals surface area contributed by atoms with Crippen molar-refractivity contribution < 1.29 is 9.53 Å². The van der Waals surface area contributed by atoms with Gasteiger partial charge in [-0.25, -0.2) is 0 Å². The lowest BCUT2D eigenvalue weighted by Gasteiger charge is -2.14. The lowest BCUT2D eigenvalue weighted by molar-refractivity contribution is 0.0953. The maximum Gasteiger partial charge on any atom is 0.192 e. The summed E-state index contributed by atoms with van der Waals surface area (Å²) in [7, 11) is 0. The van der Waals surface area contributed by atoms with Crippen molar-refractivity contribution in [1.82, 2.24) is 14.8 Å². The summed E-state index contributed by atoms with van der Waals surface area (Å²) in [5.74, 6) is 1.04. The molecule has 0 bridgehead atoms. The topological polar surface area (TPSA) is 57.0 Å². The maximum atomic E-state index is 12.5. The standard InChI is InChI=1S/C21H19Cl2N3O2S/c22-16-7-3-14(4-8-16)19(27)13-29-21-25-24-20(15-5-9-17(23)10-6-15)26(21)12-18-2-1-11-28-18/h3-10,18H,1-2,11-13H2/t18-/m1/s1. The van der Waals surface area contributed by atoms with E-state index in [2.05, 4.69) is 10.2 Å². The van der Waals surface area contributed by atoms with Gasteiger partial charge in [-0.05, 0) is 61.4 Å². The minimum absolute atomic E-state index is 0.0198. The Bertz CT molecular complexity index is 984. The second-order valence-corrected chi connectivity index (χ2v) is 8.59. The first kappa shape index (κ1) is 20.4. The van der Waals surface area contributed by atoms with Crippen molar-refractivity contribution >= 4 is 40.7 Å². The molecule has 1 aliphatic heterocycles. The Kier molecular flexibility index (Phi) is 6.55. The smallest absolute Gasteiger partial charge is 0.192 e. The average molecular weight is 448 g/mol. The SMILES string of the molecule is O=C(CSc1nnc(-c2ccc(Cl)cc2)n1C[C@H]1CCCO1)c1ccc(Cl)cc1. The average Bonchev–Trinajstić information content (AvgIpc) is 3.38. The van der Waals surface area contributed by atoms with E-state index in [1.54, 1.807) is 24.3 Å². The molecule has 4 rings (SSSR count). The van der Waals surface area contributed by atoms with Crippen LogP contribution in [0.3, 0.4) is 0 Å². The predicted octanol–water partition coefficient (Wildman–Crippen LogP) is 5.41. The van der Waals surface area contributed by atoms with Crippen LogP contribution >= 0.6 is 35.0 Å². The van der Waals surface area contributed by atoms with Gasteiger partial charge >= 0.3 is 0 Å². The van der Waals surface area contributed by atoms with Gasteiger partial charge in [0.2, 0.25) is 0 Å². The molecule has 29 heavy (non-hydrogen) atoms. The van der Waals surface area contributed by atoms with Crippen LogP contribution in [0.25, 0.3) is 11.4 Å². The number of nitrogens with zero attached hydrogens (tertiary/aromatic N) is 3. The third-order valence-corrected chi connectivity index (χ3v) is 6.20. The number of ether oxygens (including phenoxy) is 1. The van der Waals surface area contributed by atoms with Gasteiger partial charge in [0.15, 0.2) is 16.8 Å². The van der Waals surface area contributed by atoms with Crippen LogP contribution in [0.2, 0.25) is 10.0 Å². The van der Waals surface area contributed by atoms with Crippen molar-refractivity contribution in [3.05, 3.63) is 64.1 Å². The number of hydrogen-bond acceptors (Lipinski definition) is 5. The van der Waals surface area contributed by atoms with Gasteiger partial charge in [0.05, 0.1) is 18.4 Å². The number of Topliss-reactive ketones (excluding diaryl/α,β-unsaturated/α-hetero) is 1. The van der Waals surface area contributed by atoms with Gasteiger partial charge in [-0.15, -0.1) is 10.2 Å². The number of ketones is 1. The number of carbonyl (C=O) groups is 1. The molecule has 2 heterocycles. The fourth-order valence-electron chi connectivity index (χ4n) is 3.21. The molecule has 2 aromatic carbocycles. The summed E-state index contributed by atoms with van der Waals surface area (Å²) in [5, 5.41) is 10.7. The fraction of sp³-hybridized carbons (Fsp3) is 0.286. The van der Waals surface area contributed by atoms with Crippen molar-refractivity contribution in [2.24, 2.45) is 0 Å². The highest BCUT2D eigenvalue weighted by atomic mass is 35.5. The van der Waals surface area contributed by atoms with Crippen molar-refractivity contribution in [3.8, 4) is 11.4 Å². The van der Waals surface area contributed by atoms with Gasteiger partial charge in [-0.3, -0.25) is 9.36 Å². The molecule has 0 spiro atoms. The molecule has 0 amide bonds. The molecule has 1 aliphatic rings. The molecular weight excluding hydrogens is 429 g/mol. The van der Waals surface area contributed by atoms with Gasteiger partial charge in [-0.2, -0.15) is 0 Å². The zero-order valence-corrected chi connectivity index (χ0v) is 17.9. The number of rotatable bonds is 7. The van der Waals surface area contributed by atoms with Gasteiger partial charge in [0.1, 0.15) is 0 Å². The highest BCUT2D eigenvalue weighted by Crippen LogP contribution is 2.28. The van der Waals surface area contributed by atoms with Crippen LogP contribution in [-0.4, -0.2) is 39.0 Å². The van der Waals surface area contributed by atoms with Crippen molar-refractivity contribution in [3.63, 3.8) is 0 Å². The van der Waals surface area contributed by atoms with Crippen molar-refractivity contribution in [2.45, 2.75) is 30.6 Å². The summed E-state index contributed by atoms with van der Waals surface area (Å²) < 4.78 is 7.85. The number of carbonyl (C=O) groups excluding carboxylic acids is 1. The summed E-state index contributed by atoms with van der Waals surface area (Å²) in [6, 6.07) is 14.4. The number of thioether (sulfide) groups is 1. The molecule has 1 saturated heterocycles. The first-order valence-electron chi connectivity index (χ1n) is 9.32. The van der Waals surface area contributed by atoms with E-state index in [-0.39, 0.29) is 17.6 Å². The van der Waals surface area contributed by atoms with Gasteiger partial charge in [0.25, 0.3) is 0 Å². The zero-order valence-electron chi connectivity index (χ0n) is 15.6. The van der Waals surface area contributed by atoms with E-state index in [4.69, 9.17) is 27.9 Å². The molecule has 1 fully saturated rings. The second kappa shape index (κ2) is 9.30. The minimum atomic E-state index is 0.0198. The quantitative estimate of drug-likeness (QED) is 0.358. The number of hydrogen-bond donors (Lipinski definition) is 0. The first-order chi connectivity index (χ1) is 14.1. The Hall–Kier alpha value is -1.86. The van der Waals surface area contributed by atoms with E-state index >= 15 is 0 Å². The van der Waals surface area contributed by atoms with Crippen LogP contribution in [-0.2, 0) is 11.3 Å². The normalized spacial score (nSPS) is 16.3. The monoisotopic (exact) mass is 447 g/mol. The maximum absolute atomic E-state index is 12.5. The van der Waals surface area contributed by atoms with Gasteiger partial charge < -0.3 is 4.74 Å². The van der Waals surface area contributed by atoms with Crippen LogP contribution < -0.4 is 0 Å². The Balaban J connectivity index is 1.55. The first-order valence-corrected chi connectivity index (χ1v) is 11.1. The van der Waals surface area contributed by atoms with Crippen LogP contribution in [0, 0.1) is 0 Å². The molecule has 0 radical (unpaired) electrons. The highest BCUT2D eigenvalue weighted by molar-refractivity contribution is 7.99. The number of halogens is 2. The number of benzene rings is 2. The van der Waals surface area contributed by atoms with Crippen LogP contribution in [0.5, 0.6) is 0 Å². The predicted molar refractivity (Wildman–Crippen MR) is 116 cm³/mol. The molecule has 0 saturated carbocycles. The summed E-state index contributed by atoms with van der Waals surface area (Å²) in [6.45, 7) is 1.43. The second-order valence-electron chi connectivity index (χ2n) is 6.78. The van der Waals surface area contributed by atoms with Crippen LogP contribution in [0.4, 0.5) is 0 Å². The largest absolute Gasteiger partial charge is 0.376 e. The zero-order chi connectivity index (χ0) is 20.2. The van der Waals surface area contributed by atoms with E-state index in [1.807, 2.05) is 28.8 Å². The molecule has 0 aliphatic carbocycles. The summed E-state index contributed by atoms with van der Waals surface area (Å²) in [5.41, 5.74) is 1.56. The molecule has 3 aromatic rings. The Labute approximate surface area is 183 Å². The minimum Gasteiger partial charge on any atom is -0.376 e. The van der Waals surface area contributed by atoms with Crippen molar-refractivity contribution in [1.29, 1.82) is 0 Å². The summed E-state index contributed by atoms with van der Waals surface area (Å²) in [4.78, 5) is 12.5. The van der Waals surface area contributed by atoms with E-state index in [0.717, 1.165) is 30.8 Å². The summed E-state index contributed by atoms with van der Waals surface area (Å²) >= 11 is 13.3. The third kappa shape index (κ3) is 5.01. The molecule has 1 atom stereocenters. The van der Waals surface area contributed by atoms with Gasteiger partial charge in [0, 0.05) is 27.8 Å². The summed E-state index contributed by atoms with van der Waals surface area (Å²) in [6.07, 6.45) is 2.19. The Morgan fingerprint density at radius 2 is 1.76 bits per heavy atom. The van der Waals surface area contributed by atoms with E-state index < -0.39 is 0 Å². The molecule has 0 N–H and O–H groups in total. The Morgan fingerprint density at radius 3 is 2.41 bits per heavy atom. The molecular formula is C21H19Cl2N3O2S. The lowest BCUT2D eigenvalue weighted by Crippen LogP contribution is -2.17. The molecule has 8 heteroatoms. The van der Waals surface area contributed by atoms with Crippen LogP contribution in [0.1, 0.15) is 23.2 Å². The molecule has 0 unspecified atom stereocenters. The fourth-order valence-corrected chi connectivity index (χ4v) is 4.31.